The van der Waals surface area contributed by atoms with Crippen LogP contribution in [0.3, 0.4) is 0 Å². The SMILES string of the molecule is COc1ccc2c(COC(=O)c3ccc(OCc4c(C)noc4C)cc3)cc(=O)oc2c1. The van der Waals surface area contributed by atoms with Gasteiger partial charge >= 0.3 is 11.6 Å². The van der Waals surface area contributed by atoms with E-state index < -0.39 is 11.6 Å². The van der Waals surface area contributed by atoms with Crippen LogP contribution in [0.15, 0.2) is 62.3 Å². The van der Waals surface area contributed by atoms with Crippen LogP contribution in [-0.2, 0) is 18.0 Å². The van der Waals surface area contributed by atoms with Crippen molar-refractivity contribution in [1.29, 1.82) is 0 Å². The van der Waals surface area contributed by atoms with Crippen LogP contribution >= 0.6 is 0 Å². The smallest absolute Gasteiger partial charge is 0.338 e. The van der Waals surface area contributed by atoms with Crippen molar-refractivity contribution in [1.82, 2.24) is 5.16 Å². The minimum absolute atomic E-state index is 0.0719. The van der Waals surface area contributed by atoms with E-state index in [1.54, 1.807) is 42.5 Å². The second kappa shape index (κ2) is 8.97. The summed E-state index contributed by atoms with van der Waals surface area (Å²) in [4.78, 5) is 24.4. The third-order valence-corrected chi connectivity index (χ3v) is 5.05. The topological polar surface area (TPSA) is 101 Å². The third-order valence-electron chi connectivity index (χ3n) is 5.05. The first-order chi connectivity index (χ1) is 15.4. The Morgan fingerprint density at radius 2 is 1.75 bits per heavy atom. The summed E-state index contributed by atoms with van der Waals surface area (Å²) in [6, 6.07) is 13.0. The van der Waals surface area contributed by atoms with Gasteiger partial charge in [0, 0.05) is 23.1 Å². The van der Waals surface area contributed by atoms with Crippen molar-refractivity contribution in [3.05, 3.63) is 87.1 Å². The van der Waals surface area contributed by atoms with Crippen molar-refractivity contribution in [3.8, 4) is 11.5 Å². The molecule has 0 amide bonds. The van der Waals surface area contributed by atoms with Gasteiger partial charge in [-0.2, -0.15) is 0 Å². The summed E-state index contributed by atoms with van der Waals surface area (Å²) in [5.41, 5.74) is 2.42. The number of carbonyl (C=O) groups excluding carboxylic acids is 1. The van der Waals surface area contributed by atoms with Crippen molar-refractivity contribution < 1.29 is 27.9 Å². The molecule has 0 N–H and O–H groups in total. The van der Waals surface area contributed by atoms with Crippen LogP contribution in [-0.4, -0.2) is 18.2 Å². The first-order valence-corrected chi connectivity index (χ1v) is 9.87. The van der Waals surface area contributed by atoms with Crippen LogP contribution < -0.4 is 15.1 Å². The van der Waals surface area contributed by atoms with Crippen molar-refractivity contribution in [2.75, 3.05) is 7.11 Å². The van der Waals surface area contributed by atoms with Gasteiger partial charge in [-0.15, -0.1) is 0 Å². The normalized spacial score (nSPS) is 10.8. The van der Waals surface area contributed by atoms with Crippen LogP contribution in [0, 0.1) is 13.8 Å². The number of aryl methyl sites for hydroxylation is 2. The maximum atomic E-state index is 12.5. The Bertz CT molecular complexity index is 1300. The molecule has 4 rings (SSSR count). The van der Waals surface area contributed by atoms with Gasteiger partial charge in [0.1, 0.15) is 36.1 Å². The summed E-state index contributed by atoms with van der Waals surface area (Å²) < 4.78 is 26.6. The minimum atomic E-state index is -0.531. The average Bonchev–Trinajstić information content (AvgIpc) is 3.12. The average molecular weight is 435 g/mol. The highest BCUT2D eigenvalue weighted by atomic mass is 16.5. The molecule has 164 valence electrons. The van der Waals surface area contributed by atoms with Crippen molar-refractivity contribution in [3.63, 3.8) is 0 Å². The number of methoxy groups -OCH3 is 1. The molecule has 8 heteroatoms. The first-order valence-electron chi connectivity index (χ1n) is 9.87. The number of ether oxygens (including phenoxy) is 3. The fraction of sp³-hybridized carbons (Fsp3) is 0.208. The van der Waals surface area contributed by atoms with E-state index in [1.807, 2.05) is 13.8 Å². The zero-order valence-electron chi connectivity index (χ0n) is 17.8. The van der Waals surface area contributed by atoms with E-state index in [2.05, 4.69) is 5.16 Å². The molecule has 0 atom stereocenters. The number of hydrogen-bond acceptors (Lipinski definition) is 8. The van der Waals surface area contributed by atoms with E-state index in [4.69, 9.17) is 23.2 Å². The second-order valence-corrected chi connectivity index (χ2v) is 7.14. The highest BCUT2D eigenvalue weighted by Crippen LogP contribution is 2.23. The predicted molar refractivity (Wildman–Crippen MR) is 115 cm³/mol. The Balaban J connectivity index is 1.42. The Labute approximate surface area is 183 Å². The fourth-order valence-corrected chi connectivity index (χ4v) is 3.23. The van der Waals surface area contributed by atoms with E-state index in [9.17, 15) is 9.59 Å². The second-order valence-electron chi connectivity index (χ2n) is 7.14. The first kappa shape index (κ1) is 21.2. The summed E-state index contributed by atoms with van der Waals surface area (Å²) in [6.07, 6.45) is 0. The summed E-state index contributed by atoms with van der Waals surface area (Å²) in [6.45, 7) is 3.93. The standard InChI is InChI=1S/C24H21NO7/c1-14-21(15(2)32-25-14)13-29-18-6-4-16(5-7-18)24(27)30-12-17-10-23(26)31-22-11-19(28-3)8-9-20(17)22/h4-11H,12-13H2,1-3H3. The lowest BCUT2D eigenvalue weighted by Crippen LogP contribution is -2.08. The summed E-state index contributed by atoms with van der Waals surface area (Å²) in [5, 5.41) is 4.56. The van der Waals surface area contributed by atoms with Gasteiger partial charge in [0.05, 0.1) is 23.9 Å². The van der Waals surface area contributed by atoms with Crippen molar-refractivity contribution in [2.24, 2.45) is 0 Å². The maximum Gasteiger partial charge on any atom is 0.338 e. The Morgan fingerprint density at radius 1 is 1.00 bits per heavy atom. The van der Waals surface area contributed by atoms with Crippen LogP contribution in [0.5, 0.6) is 11.5 Å². The zero-order chi connectivity index (χ0) is 22.7. The van der Waals surface area contributed by atoms with E-state index in [0.29, 0.717) is 46.0 Å². The molecule has 0 aliphatic carbocycles. The summed E-state index contributed by atoms with van der Waals surface area (Å²) >= 11 is 0. The van der Waals surface area contributed by atoms with Crippen LogP contribution in [0.1, 0.15) is 32.9 Å². The lowest BCUT2D eigenvalue weighted by atomic mass is 10.1. The molecule has 0 fully saturated rings. The van der Waals surface area contributed by atoms with E-state index >= 15 is 0 Å². The van der Waals surface area contributed by atoms with Gasteiger partial charge < -0.3 is 23.2 Å². The molecule has 0 spiro atoms. The Morgan fingerprint density at radius 3 is 2.44 bits per heavy atom. The number of fused-ring (bicyclic) bond motifs is 1. The molecule has 4 aromatic rings. The molecule has 0 saturated heterocycles. The molecular formula is C24H21NO7. The third kappa shape index (κ3) is 4.49. The monoisotopic (exact) mass is 435 g/mol. The molecular weight excluding hydrogens is 414 g/mol. The molecule has 0 radical (unpaired) electrons. The number of benzene rings is 2. The van der Waals surface area contributed by atoms with E-state index in [0.717, 1.165) is 11.3 Å². The molecule has 2 heterocycles. The van der Waals surface area contributed by atoms with Crippen LogP contribution in [0.4, 0.5) is 0 Å². The highest BCUT2D eigenvalue weighted by Gasteiger charge is 2.13. The minimum Gasteiger partial charge on any atom is -0.497 e. The van der Waals surface area contributed by atoms with Crippen molar-refractivity contribution in [2.45, 2.75) is 27.1 Å². The van der Waals surface area contributed by atoms with E-state index in [1.165, 1.54) is 13.2 Å². The van der Waals surface area contributed by atoms with Gasteiger partial charge in [-0.1, -0.05) is 5.16 Å². The molecule has 32 heavy (non-hydrogen) atoms. The molecule has 0 aliphatic heterocycles. The largest absolute Gasteiger partial charge is 0.497 e. The number of aromatic nitrogens is 1. The molecule has 0 bridgehead atoms. The van der Waals surface area contributed by atoms with Gasteiger partial charge in [-0.3, -0.25) is 0 Å². The van der Waals surface area contributed by atoms with Gasteiger partial charge in [-0.25, -0.2) is 9.59 Å². The highest BCUT2D eigenvalue weighted by molar-refractivity contribution is 5.90. The summed E-state index contributed by atoms with van der Waals surface area (Å²) in [5.74, 6) is 1.36. The number of carbonyl (C=O) groups is 1. The van der Waals surface area contributed by atoms with Gasteiger partial charge in [0.25, 0.3) is 0 Å². The fourth-order valence-electron chi connectivity index (χ4n) is 3.23. The predicted octanol–water partition coefficient (Wildman–Crippen LogP) is 4.34. The number of esters is 1. The van der Waals surface area contributed by atoms with E-state index in [-0.39, 0.29) is 6.61 Å². The number of hydrogen-bond donors (Lipinski definition) is 0. The maximum absolute atomic E-state index is 12.5. The number of nitrogens with zero attached hydrogens (tertiary/aromatic N) is 1. The lowest BCUT2D eigenvalue weighted by Gasteiger charge is -2.09. The molecule has 2 aromatic heterocycles. The van der Waals surface area contributed by atoms with Crippen molar-refractivity contribution >= 4 is 16.9 Å². The number of rotatable bonds is 7. The van der Waals surface area contributed by atoms with Gasteiger partial charge in [0.2, 0.25) is 0 Å². The zero-order valence-corrected chi connectivity index (χ0v) is 17.8. The lowest BCUT2D eigenvalue weighted by molar-refractivity contribution is 0.0473. The van der Waals surface area contributed by atoms with Gasteiger partial charge in [-0.05, 0) is 50.2 Å². The molecule has 0 unspecified atom stereocenters. The Kier molecular flexibility index (Phi) is 5.93. The quantitative estimate of drug-likeness (QED) is 0.312. The molecule has 0 aliphatic rings. The molecule has 0 saturated carbocycles. The Hall–Kier alpha value is -4.07. The summed E-state index contributed by atoms with van der Waals surface area (Å²) in [7, 11) is 1.53. The van der Waals surface area contributed by atoms with Crippen LogP contribution in [0.2, 0.25) is 0 Å². The van der Waals surface area contributed by atoms with Crippen LogP contribution in [0.25, 0.3) is 11.0 Å². The van der Waals surface area contributed by atoms with Gasteiger partial charge in [0.15, 0.2) is 0 Å². The molecule has 8 nitrogen and oxygen atoms in total. The molecule has 2 aromatic carbocycles.